The van der Waals surface area contributed by atoms with Gasteiger partial charge in [0, 0.05) is 6.07 Å². The molecular formula is C12H18N2O2. The molecule has 0 aromatic carbocycles. The lowest BCUT2D eigenvalue weighted by Crippen LogP contribution is -2.10. The maximum absolute atomic E-state index is 5.76. The molecule has 0 amide bonds. The number of hydrogen-bond acceptors (Lipinski definition) is 4. The Kier molecular flexibility index (Phi) is 3.17. The van der Waals surface area contributed by atoms with Gasteiger partial charge in [-0.3, -0.25) is 0 Å². The van der Waals surface area contributed by atoms with Crippen molar-refractivity contribution < 1.29 is 9.47 Å². The van der Waals surface area contributed by atoms with E-state index in [-0.39, 0.29) is 6.10 Å². The molecule has 0 atom stereocenters. The van der Waals surface area contributed by atoms with Gasteiger partial charge in [0.2, 0.25) is 11.8 Å². The summed E-state index contributed by atoms with van der Waals surface area (Å²) in [6, 6.07) is 3.55. The molecule has 1 aliphatic carbocycles. The molecule has 0 bridgehead atoms. The summed E-state index contributed by atoms with van der Waals surface area (Å²) in [4.78, 5) is 4.24. The number of pyridine rings is 1. The van der Waals surface area contributed by atoms with Crippen molar-refractivity contribution in [2.75, 3.05) is 12.3 Å². The Morgan fingerprint density at radius 2 is 2.19 bits per heavy atom. The average Bonchev–Trinajstić information content (AvgIpc) is 3.02. The highest BCUT2D eigenvalue weighted by Crippen LogP contribution is 2.30. The minimum absolute atomic E-state index is 0.0634. The van der Waals surface area contributed by atoms with Gasteiger partial charge in [-0.25, -0.2) is 0 Å². The highest BCUT2D eigenvalue weighted by atomic mass is 16.5. The van der Waals surface area contributed by atoms with Gasteiger partial charge in [-0.05, 0) is 38.7 Å². The Bertz CT molecular complexity index is 362. The summed E-state index contributed by atoms with van der Waals surface area (Å²) in [6.45, 7) is 4.63. The second-order valence-electron chi connectivity index (χ2n) is 4.46. The molecule has 1 aliphatic rings. The van der Waals surface area contributed by atoms with Gasteiger partial charge in [-0.1, -0.05) is 0 Å². The summed E-state index contributed by atoms with van der Waals surface area (Å²) < 4.78 is 11.1. The molecule has 2 rings (SSSR count). The maximum Gasteiger partial charge on any atom is 0.240 e. The molecule has 0 unspecified atom stereocenters. The van der Waals surface area contributed by atoms with Crippen molar-refractivity contribution in [3.05, 3.63) is 12.1 Å². The van der Waals surface area contributed by atoms with E-state index in [4.69, 9.17) is 15.2 Å². The quantitative estimate of drug-likeness (QED) is 0.830. The Morgan fingerprint density at radius 1 is 1.44 bits per heavy atom. The molecule has 1 saturated carbocycles. The van der Waals surface area contributed by atoms with Gasteiger partial charge in [-0.15, -0.1) is 0 Å². The van der Waals surface area contributed by atoms with Gasteiger partial charge in [0.05, 0.1) is 18.4 Å². The molecule has 1 fully saturated rings. The lowest BCUT2D eigenvalue weighted by atomic mass is 10.4. The Labute approximate surface area is 95.8 Å². The van der Waals surface area contributed by atoms with Crippen molar-refractivity contribution in [1.29, 1.82) is 0 Å². The van der Waals surface area contributed by atoms with Crippen LogP contribution in [0.5, 0.6) is 11.8 Å². The van der Waals surface area contributed by atoms with Crippen LogP contribution in [0.15, 0.2) is 12.1 Å². The molecule has 0 aliphatic heterocycles. The normalized spacial score (nSPS) is 15.2. The van der Waals surface area contributed by atoms with E-state index >= 15 is 0 Å². The van der Waals surface area contributed by atoms with Crippen LogP contribution in [0.3, 0.4) is 0 Å². The first kappa shape index (κ1) is 11.0. The number of aromatic nitrogens is 1. The Balaban J connectivity index is 2.01. The monoisotopic (exact) mass is 222 g/mol. The fourth-order valence-electron chi connectivity index (χ4n) is 1.32. The summed E-state index contributed by atoms with van der Waals surface area (Å²) in [6.07, 6.45) is 2.60. The first-order valence-corrected chi connectivity index (χ1v) is 5.71. The Hall–Kier alpha value is -1.45. The van der Waals surface area contributed by atoms with E-state index in [9.17, 15) is 0 Å². The van der Waals surface area contributed by atoms with Crippen LogP contribution in [0.1, 0.15) is 26.7 Å². The first-order valence-electron chi connectivity index (χ1n) is 5.71. The van der Waals surface area contributed by atoms with Gasteiger partial charge < -0.3 is 15.2 Å². The Morgan fingerprint density at radius 3 is 2.81 bits per heavy atom. The highest BCUT2D eigenvalue weighted by Gasteiger charge is 2.22. The molecular weight excluding hydrogens is 204 g/mol. The van der Waals surface area contributed by atoms with E-state index in [2.05, 4.69) is 4.98 Å². The third-order valence-electron chi connectivity index (χ3n) is 2.38. The summed E-state index contributed by atoms with van der Waals surface area (Å²) in [5, 5.41) is 0. The van der Waals surface area contributed by atoms with Gasteiger partial charge in [-0.2, -0.15) is 4.98 Å². The molecule has 2 N–H and O–H groups in total. The van der Waals surface area contributed by atoms with Crippen molar-refractivity contribution in [2.24, 2.45) is 5.92 Å². The largest absolute Gasteiger partial charge is 0.477 e. The topological polar surface area (TPSA) is 57.4 Å². The van der Waals surface area contributed by atoms with E-state index in [1.54, 1.807) is 12.1 Å². The lowest BCUT2D eigenvalue weighted by Gasteiger charge is -2.12. The van der Waals surface area contributed by atoms with Crippen molar-refractivity contribution in [3.63, 3.8) is 0 Å². The molecule has 4 nitrogen and oxygen atoms in total. The maximum atomic E-state index is 5.76. The van der Waals surface area contributed by atoms with Crippen molar-refractivity contribution in [3.8, 4) is 11.8 Å². The smallest absolute Gasteiger partial charge is 0.240 e. The average molecular weight is 222 g/mol. The van der Waals surface area contributed by atoms with E-state index < -0.39 is 0 Å². The van der Waals surface area contributed by atoms with Gasteiger partial charge in [0.25, 0.3) is 0 Å². The molecule has 0 spiro atoms. The summed E-state index contributed by atoms with van der Waals surface area (Å²) in [5.74, 6) is 1.77. The van der Waals surface area contributed by atoms with E-state index in [0.717, 1.165) is 6.61 Å². The lowest BCUT2D eigenvalue weighted by molar-refractivity contribution is 0.226. The number of nitrogen functional groups attached to an aromatic ring is 1. The fourth-order valence-corrected chi connectivity index (χ4v) is 1.32. The molecule has 0 radical (unpaired) electrons. The van der Waals surface area contributed by atoms with Crippen LogP contribution in [0.25, 0.3) is 0 Å². The number of nitrogens with two attached hydrogens (primary N) is 1. The molecule has 1 aromatic heterocycles. The SMILES string of the molecule is CC(C)Oc1nc(OCC2CC2)ccc1N. The van der Waals surface area contributed by atoms with Gasteiger partial charge in [0.15, 0.2) is 0 Å². The van der Waals surface area contributed by atoms with E-state index in [0.29, 0.717) is 23.4 Å². The molecule has 1 aromatic rings. The summed E-state index contributed by atoms with van der Waals surface area (Å²) >= 11 is 0. The third-order valence-corrected chi connectivity index (χ3v) is 2.38. The molecule has 16 heavy (non-hydrogen) atoms. The number of nitrogens with zero attached hydrogens (tertiary/aromatic N) is 1. The van der Waals surface area contributed by atoms with Gasteiger partial charge >= 0.3 is 0 Å². The van der Waals surface area contributed by atoms with Crippen LogP contribution in [-0.4, -0.2) is 17.7 Å². The number of ether oxygens (including phenoxy) is 2. The minimum atomic E-state index is 0.0634. The van der Waals surface area contributed by atoms with Crippen molar-refractivity contribution in [1.82, 2.24) is 4.98 Å². The van der Waals surface area contributed by atoms with Crippen molar-refractivity contribution in [2.45, 2.75) is 32.8 Å². The van der Waals surface area contributed by atoms with Gasteiger partial charge in [0.1, 0.15) is 0 Å². The zero-order valence-electron chi connectivity index (χ0n) is 9.77. The van der Waals surface area contributed by atoms with Crippen LogP contribution in [0.2, 0.25) is 0 Å². The zero-order chi connectivity index (χ0) is 11.5. The highest BCUT2D eigenvalue weighted by molar-refractivity contribution is 5.49. The van der Waals surface area contributed by atoms with E-state index in [1.165, 1.54) is 12.8 Å². The third kappa shape index (κ3) is 3.02. The summed E-state index contributed by atoms with van der Waals surface area (Å²) in [7, 11) is 0. The molecule has 88 valence electrons. The van der Waals surface area contributed by atoms with Crippen LogP contribution < -0.4 is 15.2 Å². The first-order chi connectivity index (χ1) is 7.65. The number of anilines is 1. The molecule has 0 saturated heterocycles. The van der Waals surface area contributed by atoms with Crippen LogP contribution in [0, 0.1) is 5.92 Å². The number of hydrogen-bond donors (Lipinski definition) is 1. The van der Waals surface area contributed by atoms with Crippen LogP contribution in [0.4, 0.5) is 5.69 Å². The molecule has 4 heteroatoms. The number of rotatable bonds is 5. The predicted octanol–water partition coefficient (Wildman–Crippen LogP) is 2.24. The second-order valence-corrected chi connectivity index (χ2v) is 4.46. The minimum Gasteiger partial charge on any atom is -0.477 e. The van der Waals surface area contributed by atoms with Crippen LogP contribution >= 0.6 is 0 Å². The second kappa shape index (κ2) is 4.60. The van der Waals surface area contributed by atoms with E-state index in [1.807, 2.05) is 13.8 Å². The zero-order valence-corrected chi connectivity index (χ0v) is 9.77. The standard InChI is InChI=1S/C12H18N2O2/c1-8(2)16-12-10(13)5-6-11(14-12)15-7-9-3-4-9/h5-6,8-9H,3-4,7,13H2,1-2H3. The predicted molar refractivity (Wildman–Crippen MR) is 62.6 cm³/mol. The fraction of sp³-hybridized carbons (Fsp3) is 0.583. The van der Waals surface area contributed by atoms with Crippen molar-refractivity contribution >= 4 is 5.69 Å². The van der Waals surface area contributed by atoms with Crippen LogP contribution in [-0.2, 0) is 0 Å². The molecule has 1 heterocycles. The summed E-state index contributed by atoms with van der Waals surface area (Å²) in [5.41, 5.74) is 6.31.